The second-order valence-electron chi connectivity index (χ2n) is 12.9. The highest BCUT2D eigenvalue weighted by molar-refractivity contribution is 6.07. The van der Waals surface area contributed by atoms with Gasteiger partial charge < -0.3 is 9.32 Å². The van der Waals surface area contributed by atoms with E-state index in [2.05, 4.69) is 181 Å². The molecule has 0 unspecified atom stereocenters. The van der Waals surface area contributed by atoms with Gasteiger partial charge in [0.1, 0.15) is 11.2 Å². The van der Waals surface area contributed by atoms with Gasteiger partial charge in [0.15, 0.2) is 0 Å². The van der Waals surface area contributed by atoms with Crippen molar-refractivity contribution in [2.24, 2.45) is 0 Å². The zero-order chi connectivity index (χ0) is 33.0. The molecule has 0 aliphatic heterocycles. The van der Waals surface area contributed by atoms with E-state index in [0.29, 0.717) is 0 Å². The Balaban J connectivity index is 1.20. The minimum absolute atomic E-state index is 0.872. The van der Waals surface area contributed by atoms with Crippen LogP contribution >= 0.6 is 0 Å². The number of nitrogens with zero attached hydrogens (tertiary/aromatic N) is 1. The quantitative estimate of drug-likeness (QED) is 0.191. The van der Waals surface area contributed by atoms with Crippen LogP contribution in [0.1, 0.15) is 0 Å². The summed E-state index contributed by atoms with van der Waals surface area (Å²) in [6, 6.07) is 67.6. The van der Waals surface area contributed by atoms with Gasteiger partial charge in [-0.15, -0.1) is 0 Å². The number of benzene rings is 8. The predicted molar refractivity (Wildman–Crippen MR) is 209 cm³/mol. The number of hydrogen-bond donors (Lipinski definition) is 0. The van der Waals surface area contributed by atoms with E-state index in [0.717, 1.165) is 39.0 Å². The van der Waals surface area contributed by atoms with E-state index >= 15 is 0 Å². The standard InChI is InChI=1S/C48H31NO/c1-2-12-32(13-3-1)33-22-24-34(25-23-33)49(36-27-29-45-44-20-10-11-21-47(44)50-48(45)31-36)35-26-28-43-41-18-7-6-16-39(41)37-14-4-5-15-38(37)40-17-8-9-19-42(40)46(43)30-35/h1-31H. The molecule has 2 heteroatoms. The van der Waals surface area contributed by atoms with E-state index in [-0.39, 0.29) is 0 Å². The first kappa shape index (κ1) is 28.4. The first-order valence-corrected chi connectivity index (χ1v) is 17.1. The van der Waals surface area contributed by atoms with Gasteiger partial charge in [0, 0.05) is 33.9 Å². The van der Waals surface area contributed by atoms with E-state index < -0.39 is 0 Å². The largest absolute Gasteiger partial charge is 0.456 e. The van der Waals surface area contributed by atoms with Gasteiger partial charge in [-0.05, 0) is 98.1 Å². The number of rotatable bonds is 4. The minimum atomic E-state index is 0.872. The third-order valence-corrected chi connectivity index (χ3v) is 10.1. The van der Waals surface area contributed by atoms with Crippen LogP contribution < -0.4 is 4.90 Å². The van der Waals surface area contributed by atoms with Crippen molar-refractivity contribution in [2.45, 2.75) is 0 Å². The molecule has 0 amide bonds. The van der Waals surface area contributed by atoms with Crippen LogP contribution in [0.5, 0.6) is 0 Å². The first-order valence-electron chi connectivity index (χ1n) is 17.1. The van der Waals surface area contributed by atoms with Crippen LogP contribution in [0.3, 0.4) is 0 Å². The van der Waals surface area contributed by atoms with E-state index in [1.165, 1.54) is 55.6 Å². The number of anilines is 3. The average Bonchev–Trinajstić information content (AvgIpc) is 3.56. The Hall–Kier alpha value is -6.64. The Morgan fingerprint density at radius 1 is 0.280 bits per heavy atom. The highest BCUT2D eigenvalue weighted by atomic mass is 16.3. The van der Waals surface area contributed by atoms with Crippen LogP contribution in [-0.4, -0.2) is 0 Å². The van der Waals surface area contributed by atoms with Crippen molar-refractivity contribution in [3.63, 3.8) is 0 Å². The molecule has 0 radical (unpaired) electrons. The van der Waals surface area contributed by atoms with Gasteiger partial charge in [-0.3, -0.25) is 0 Å². The summed E-state index contributed by atoms with van der Waals surface area (Å²) in [5, 5.41) is 2.25. The van der Waals surface area contributed by atoms with Gasteiger partial charge in [0.2, 0.25) is 0 Å². The number of furan rings is 1. The number of para-hydroxylation sites is 1. The molecule has 9 aromatic rings. The number of fused-ring (bicyclic) bond motifs is 11. The normalized spacial score (nSPS) is 11.6. The van der Waals surface area contributed by atoms with Crippen molar-refractivity contribution >= 4 is 39.0 Å². The molecule has 0 spiro atoms. The Labute approximate surface area is 291 Å². The molecule has 1 aliphatic rings. The van der Waals surface area contributed by atoms with Gasteiger partial charge in [-0.1, -0.05) is 140 Å². The molecule has 0 fully saturated rings. The van der Waals surface area contributed by atoms with Gasteiger partial charge in [-0.2, -0.15) is 0 Å². The molecule has 10 rings (SSSR count). The van der Waals surface area contributed by atoms with Crippen molar-refractivity contribution in [3.05, 3.63) is 188 Å². The molecule has 1 aromatic heterocycles. The topological polar surface area (TPSA) is 16.4 Å². The Morgan fingerprint density at radius 2 is 0.720 bits per heavy atom. The van der Waals surface area contributed by atoms with Gasteiger partial charge in [0.25, 0.3) is 0 Å². The lowest BCUT2D eigenvalue weighted by atomic mass is 9.81. The summed E-state index contributed by atoms with van der Waals surface area (Å²) in [6.07, 6.45) is 0. The second-order valence-corrected chi connectivity index (χ2v) is 12.9. The third kappa shape index (κ3) is 4.57. The predicted octanol–water partition coefficient (Wildman–Crippen LogP) is 13.7. The maximum atomic E-state index is 6.41. The average molecular weight is 638 g/mol. The third-order valence-electron chi connectivity index (χ3n) is 10.1. The first-order chi connectivity index (χ1) is 24.8. The van der Waals surface area contributed by atoms with Crippen LogP contribution in [0.15, 0.2) is 192 Å². The SMILES string of the molecule is c1ccc(-c2ccc(N(c3ccc4c(c3)-c3ccccc3-c3ccccc3-c3ccccc3-4)c3ccc4c(c3)oc3ccccc34)cc2)cc1. The molecule has 0 N–H and O–H groups in total. The van der Waals surface area contributed by atoms with Crippen molar-refractivity contribution in [1.29, 1.82) is 0 Å². The molecule has 0 saturated heterocycles. The lowest BCUT2D eigenvalue weighted by molar-refractivity contribution is 0.669. The molecule has 0 bridgehead atoms. The maximum absolute atomic E-state index is 6.41. The zero-order valence-corrected chi connectivity index (χ0v) is 27.3. The van der Waals surface area contributed by atoms with Crippen molar-refractivity contribution in [3.8, 4) is 55.6 Å². The Kier molecular flexibility index (Phi) is 6.53. The Bertz CT molecular complexity index is 2700. The molecular weight excluding hydrogens is 607 g/mol. The number of hydrogen-bond acceptors (Lipinski definition) is 2. The summed E-state index contributed by atoms with van der Waals surface area (Å²) >= 11 is 0. The van der Waals surface area contributed by atoms with E-state index in [4.69, 9.17) is 4.42 Å². The van der Waals surface area contributed by atoms with Crippen LogP contribution in [0.4, 0.5) is 17.1 Å². The molecule has 8 aromatic carbocycles. The van der Waals surface area contributed by atoms with Gasteiger partial charge in [0.05, 0.1) is 0 Å². The summed E-state index contributed by atoms with van der Waals surface area (Å²) in [5.41, 5.74) is 17.2. The van der Waals surface area contributed by atoms with Gasteiger partial charge >= 0.3 is 0 Å². The lowest BCUT2D eigenvalue weighted by Gasteiger charge is -2.28. The maximum Gasteiger partial charge on any atom is 0.137 e. The molecule has 2 nitrogen and oxygen atoms in total. The summed E-state index contributed by atoms with van der Waals surface area (Å²) in [4.78, 5) is 2.35. The van der Waals surface area contributed by atoms with Crippen LogP contribution in [0.2, 0.25) is 0 Å². The smallest absolute Gasteiger partial charge is 0.137 e. The van der Waals surface area contributed by atoms with Crippen molar-refractivity contribution in [2.75, 3.05) is 4.90 Å². The fraction of sp³-hybridized carbons (Fsp3) is 0. The minimum Gasteiger partial charge on any atom is -0.456 e. The van der Waals surface area contributed by atoms with Gasteiger partial charge in [-0.25, -0.2) is 0 Å². The summed E-state index contributed by atoms with van der Waals surface area (Å²) in [6.45, 7) is 0. The van der Waals surface area contributed by atoms with Crippen molar-refractivity contribution in [1.82, 2.24) is 0 Å². The Morgan fingerprint density at radius 3 is 1.36 bits per heavy atom. The molecule has 0 atom stereocenters. The molecule has 1 heterocycles. The fourth-order valence-corrected chi connectivity index (χ4v) is 7.72. The second kappa shape index (κ2) is 11.5. The van der Waals surface area contributed by atoms with Crippen molar-refractivity contribution < 1.29 is 4.42 Å². The van der Waals surface area contributed by atoms with E-state index in [9.17, 15) is 0 Å². The lowest BCUT2D eigenvalue weighted by Crippen LogP contribution is -2.10. The van der Waals surface area contributed by atoms with E-state index in [1.54, 1.807) is 0 Å². The summed E-state index contributed by atoms with van der Waals surface area (Å²) in [7, 11) is 0. The summed E-state index contributed by atoms with van der Waals surface area (Å²) < 4.78 is 6.41. The molecule has 50 heavy (non-hydrogen) atoms. The van der Waals surface area contributed by atoms with E-state index in [1.807, 2.05) is 12.1 Å². The molecule has 0 saturated carbocycles. The van der Waals surface area contributed by atoms with Crippen LogP contribution in [0, 0.1) is 0 Å². The molecular formula is C48H31NO. The highest BCUT2D eigenvalue weighted by Crippen LogP contribution is 2.49. The fourth-order valence-electron chi connectivity index (χ4n) is 7.72. The molecule has 234 valence electrons. The summed E-state index contributed by atoms with van der Waals surface area (Å²) in [5.74, 6) is 0. The molecule has 1 aliphatic carbocycles. The highest BCUT2D eigenvalue weighted by Gasteiger charge is 2.23. The monoisotopic (exact) mass is 637 g/mol. The van der Waals surface area contributed by atoms with Crippen LogP contribution in [-0.2, 0) is 0 Å². The van der Waals surface area contributed by atoms with Crippen LogP contribution in [0.25, 0.3) is 77.6 Å². The zero-order valence-electron chi connectivity index (χ0n) is 27.3.